The lowest BCUT2D eigenvalue weighted by Crippen LogP contribution is -2.45. The second-order valence-corrected chi connectivity index (χ2v) is 4.08. The van der Waals surface area contributed by atoms with E-state index in [0.29, 0.717) is 4.90 Å². The van der Waals surface area contributed by atoms with Crippen molar-refractivity contribution in [1.29, 1.82) is 0 Å². The minimum Gasteiger partial charge on any atom is -0.480 e. The van der Waals surface area contributed by atoms with Crippen LogP contribution in [0.15, 0.2) is 12.2 Å². The molecule has 0 aromatic rings. The summed E-state index contributed by atoms with van der Waals surface area (Å²) in [6.07, 6.45) is 0.477. The van der Waals surface area contributed by atoms with Crippen molar-refractivity contribution < 1.29 is 19.5 Å². The van der Waals surface area contributed by atoms with Crippen LogP contribution in [0.25, 0.3) is 0 Å². The molecule has 1 N–H and O–H groups in total. The Morgan fingerprint density at radius 1 is 1.44 bits per heavy atom. The number of imide groups is 1. The van der Waals surface area contributed by atoms with Gasteiger partial charge in [-0.25, -0.2) is 4.79 Å². The number of nitrogens with zero attached hydrogens (tertiary/aromatic N) is 1. The Kier molecular flexibility index (Phi) is 5.42. The molecule has 0 rings (SSSR count). The molecule has 0 aromatic heterocycles. The number of carboxylic acids is 1. The zero-order valence-electron chi connectivity index (χ0n) is 9.77. The van der Waals surface area contributed by atoms with Crippen molar-refractivity contribution in [3.05, 3.63) is 12.2 Å². The van der Waals surface area contributed by atoms with Crippen LogP contribution in [0.4, 0.5) is 0 Å². The van der Waals surface area contributed by atoms with E-state index in [0.717, 1.165) is 0 Å². The largest absolute Gasteiger partial charge is 0.480 e. The van der Waals surface area contributed by atoms with Gasteiger partial charge in [0.25, 0.3) is 5.91 Å². The number of carboxylic acid groups (broad SMARTS) is 1. The van der Waals surface area contributed by atoms with Gasteiger partial charge in [-0.15, -0.1) is 0 Å². The van der Waals surface area contributed by atoms with E-state index >= 15 is 0 Å². The van der Waals surface area contributed by atoms with Crippen molar-refractivity contribution in [3.8, 4) is 0 Å². The summed E-state index contributed by atoms with van der Waals surface area (Å²) in [5.41, 5.74) is 0.141. The maximum absolute atomic E-state index is 11.5. The Balaban J connectivity index is 4.99. The van der Waals surface area contributed by atoms with Crippen molar-refractivity contribution >= 4 is 18.3 Å². The van der Waals surface area contributed by atoms with Crippen molar-refractivity contribution in [3.63, 3.8) is 0 Å². The highest BCUT2D eigenvalue weighted by Gasteiger charge is 2.30. The third-order valence-electron chi connectivity index (χ3n) is 2.03. The summed E-state index contributed by atoms with van der Waals surface area (Å²) < 4.78 is 0. The van der Waals surface area contributed by atoms with E-state index < -0.39 is 17.9 Å². The smallest absolute Gasteiger partial charge is 0.326 e. The fourth-order valence-electron chi connectivity index (χ4n) is 1.26. The molecule has 0 saturated carbocycles. The maximum Gasteiger partial charge on any atom is 0.326 e. The van der Waals surface area contributed by atoms with Crippen LogP contribution in [0.2, 0.25) is 0 Å². The molecule has 0 unspecified atom stereocenters. The Morgan fingerprint density at radius 2 is 1.94 bits per heavy atom. The highest BCUT2D eigenvalue weighted by molar-refractivity contribution is 6.01. The van der Waals surface area contributed by atoms with Gasteiger partial charge in [-0.3, -0.25) is 14.5 Å². The standard InChI is InChI=1S/C11H17NO4/c1-7(2)5-9(11(15)16)12(6-13)10(14)8(3)4/h6-7,9H,3,5H2,1-2,4H3,(H,15,16)/t9-/m1/s1. The molecule has 1 atom stereocenters. The molecule has 0 aliphatic rings. The molecule has 0 bridgehead atoms. The number of carbonyl (C=O) groups is 3. The van der Waals surface area contributed by atoms with Gasteiger partial charge in [0, 0.05) is 5.57 Å². The fourth-order valence-corrected chi connectivity index (χ4v) is 1.26. The van der Waals surface area contributed by atoms with Crippen molar-refractivity contribution in [2.75, 3.05) is 0 Å². The van der Waals surface area contributed by atoms with Gasteiger partial charge in [-0.1, -0.05) is 20.4 Å². The molecule has 0 radical (unpaired) electrons. The van der Waals surface area contributed by atoms with E-state index in [4.69, 9.17) is 5.11 Å². The second kappa shape index (κ2) is 6.05. The summed E-state index contributed by atoms with van der Waals surface area (Å²) in [6, 6.07) is -1.12. The third kappa shape index (κ3) is 3.84. The lowest BCUT2D eigenvalue weighted by Gasteiger charge is -2.24. The molecular formula is C11H17NO4. The minimum atomic E-state index is -1.18. The first-order chi connectivity index (χ1) is 7.31. The highest BCUT2D eigenvalue weighted by atomic mass is 16.4. The molecular weight excluding hydrogens is 210 g/mol. The van der Waals surface area contributed by atoms with Gasteiger partial charge in [0.05, 0.1) is 0 Å². The zero-order valence-corrected chi connectivity index (χ0v) is 9.77. The molecule has 0 aliphatic heterocycles. The van der Waals surface area contributed by atoms with E-state index in [2.05, 4.69) is 6.58 Å². The molecule has 0 aromatic carbocycles. The SMILES string of the molecule is C=C(C)C(=O)N(C=O)[C@H](CC(C)C)C(=O)O. The van der Waals surface area contributed by atoms with Crippen LogP contribution in [0.3, 0.4) is 0 Å². The van der Waals surface area contributed by atoms with E-state index in [1.807, 2.05) is 13.8 Å². The minimum absolute atomic E-state index is 0.0708. The van der Waals surface area contributed by atoms with Crippen LogP contribution < -0.4 is 0 Å². The molecule has 0 heterocycles. The van der Waals surface area contributed by atoms with Crippen molar-refractivity contribution in [2.45, 2.75) is 33.2 Å². The molecule has 0 spiro atoms. The summed E-state index contributed by atoms with van der Waals surface area (Å²) in [6.45, 7) is 8.49. The Hall–Kier alpha value is -1.65. The van der Waals surface area contributed by atoms with Crippen molar-refractivity contribution in [1.82, 2.24) is 4.90 Å². The summed E-state index contributed by atoms with van der Waals surface area (Å²) in [4.78, 5) is 34.0. The normalized spacial score (nSPS) is 12.0. The van der Waals surface area contributed by atoms with Gasteiger partial charge in [-0.2, -0.15) is 0 Å². The number of rotatable bonds is 6. The van der Waals surface area contributed by atoms with Crippen molar-refractivity contribution in [2.24, 2.45) is 5.92 Å². The first-order valence-corrected chi connectivity index (χ1v) is 4.97. The molecule has 0 saturated heterocycles. The Bertz CT molecular complexity index is 309. The van der Waals surface area contributed by atoms with E-state index in [9.17, 15) is 14.4 Å². The third-order valence-corrected chi connectivity index (χ3v) is 2.03. The molecule has 5 nitrogen and oxygen atoms in total. The van der Waals surface area contributed by atoms with Gasteiger partial charge in [0.15, 0.2) is 0 Å². The first kappa shape index (κ1) is 14.3. The predicted octanol–water partition coefficient (Wildman–Crippen LogP) is 1.05. The monoisotopic (exact) mass is 227 g/mol. The number of amides is 2. The summed E-state index contributed by atoms with van der Waals surface area (Å²) >= 11 is 0. The van der Waals surface area contributed by atoms with Crippen LogP contribution in [-0.2, 0) is 14.4 Å². The molecule has 2 amide bonds. The number of hydrogen-bond acceptors (Lipinski definition) is 3. The topological polar surface area (TPSA) is 74.7 Å². The average Bonchev–Trinajstić information content (AvgIpc) is 2.16. The summed E-state index contributed by atoms with van der Waals surface area (Å²) in [5, 5.41) is 8.97. The van der Waals surface area contributed by atoms with Gasteiger partial charge in [0.1, 0.15) is 6.04 Å². The number of aliphatic carboxylic acids is 1. The quantitative estimate of drug-likeness (QED) is 0.543. The molecule has 5 heteroatoms. The lowest BCUT2D eigenvalue weighted by molar-refractivity contribution is -0.153. The molecule has 0 aliphatic carbocycles. The summed E-state index contributed by atoms with van der Waals surface area (Å²) in [7, 11) is 0. The van der Waals surface area contributed by atoms with Crippen LogP contribution in [0.5, 0.6) is 0 Å². The number of carbonyl (C=O) groups excluding carboxylic acids is 2. The Labute approximate surface area is 94.7 Å². The second-order valence-electron chi connectivity index (χ2n) is 4.08. The first-order valence-electron chi connectivity index (χ1n) is 4.97. The van der Waals surface area contributed by atoms with Crippen LogP contribution in [0, 0.1) is 5.92 Å². The lowest BCUT2D eigenvalue weighted by atomic mass is 10.0. The molecule has 90 valence electrons. The highest BCUT2D eigenvalue weighted by Crippen LogP contribution is 2.12. The van der Waals surface area contributed by atoms with E-state index in [1.54, 1.807) is 0 Å². The van der Waals surface area contributed by atoms with E-state index in [1.165, 1.54) is 6.92 Å². The van der Waals surface area contributed by atoms with E-state index in [-0.39, 0.29) is 24.3 Å². The number of hydrogen-bond donors (Lipinski definition) is 1. The predicted molar refractivity (Wildman–Crippen MR) is 58.6 cm³/mol. The van der Waals surface area contributed by atoms with Gasteiger partial charge >= 0.3 is 5.97 Å². The molecule has 0 fully saturated rings. The maximum atomic E-state index is 11.5. The van der Waals surface area contributed by atoms with Crippen LogP contribution >= 0.6 is 0 Å². The van der Waals surface area contributed by atoms with Crippen LogP contribution in [-0.4, -0.2) is 34.3 Å². The van der Waals surface area contributed by atoms with Gasteiger partial charge in [-0.05, 0) is 19.3 Å². The zero-order chi connectivity index (χ0) is 12.9. The Morgan fingerprint density at radius 3 is 2.19 bits per heavy atom. The molecule has 16 heavy (non-hydrogen) atoms. The van der Waals surface area contributed by atoms with Crippen LogP contribution in [0.1, 0.15) is 27.2 Å². The average molecular weight is 227 g/mol. The fraction of sp³-hybridized carbons (Fsp3) is 0.545. The van der Waals surface area contributed by atoms with Gasteiger partial charge in [0.2, 0.25) is 6.41 Å². The summed E-state index contributed by atoms with van der Waals surface area (Å²) in [5.74, 6) is -1.76. The van der Waals surface area contributed by atoms with Gasteiger partial charge < -0.3 is 5.11 Å².